The van der Waals surface area contributed by atoms with Crippen molar-refractivity contribution in [2.75, 3.05) is 0 Å². The van der Waals surface area contributed by atoms with Crippen molar-refractivity contribution in [3.8, 4) is 11.1 Å². The molecule has 0 bridgehead atoms. The minimum Gasteiger partial charge on any atom is -0.441 e. The van der Waals surface area contributed by atoms with Crippen LogP contribution in [0.3, 0.4) is 0 Å². The first kappa shape index (κ1) is 11.5. The van der Waals surface area contributed by atoms with Crippen molar-refractivity contribution in [3.63, 3.8) is 0 Å². The first-order chi connectivity index (χ1) is 9.15. The first-order valence-electron chi connectivity index (χ1n) is 5.91. The Bertz CT molecular complexity index is 775. The summed E-state index contributed by atoms with van der Waals surface area (Å²) in [5, 5.41) is 0. The van der Waals surface area contributed by atoms with Crippen LogP contribution >= 0.6 is 0 Å². The van der Waals surface area contributed by atoms with Gasteiger partial charge in [0.25, 0.3) is 0 Å². The van der Waals surface area contributed by atoms with E-state index in [4.69, 9.17) is 10.2 Å². The quantitative estimate of drug-likeness (QED) is 0.762. The largest absolute Gasteiger partial charge is 0.441 e. The molecule has 2 N–H and O–H groups in total. The molecule has 0 radical (unpaired) electrons. The number of rotatable bonds is 2. The van der Waals surface area contributed by atoms with Gasteiger partial charge in [0.15, 0.2) is 11.5 Å². The topological polar surface area (TPSA) is 69.1 Å². The van der Waals surface area contributed by atoms with Gasteiger partial charge in [0.1, 0.15) is 5.52 Å². The molecule has 4 nitrogen and oxygen atoms in total. The Morgan fingerprint density at radius 3 is 2.79 bits per heavy atom. The van der Waals surface area contributed by atoms with E-state index in [-0.39, 0.29) is 0 Å². The number of aromatic nitrogens is 1. The highest BCUT2D eigenvalue weighted by atomic mass is 16.3. The van der Waals surface area contributed by atoms with Gasteiger partial charge in [-0.1, -0.05) is 24.3 Å². The fourth-order valence-corrected chi connectivity index (χ4v) is 2.16. The molecule has 0 aliphatic rings. The normalized spacial score (nSPS) is 10.8. The van der Waals surface area contributed by atoms with Crippen molar-refractivity contribution >= 4 is 17.0 Å². The maximum absolute atomic E-state index is 11.5. The third-order valence-corrected chi connectivity index (χ3v) is 3.00. The molecule has 3 aromatic rings. The maximum atomic E-state index is 11.5. The molecule has 0 atom stereocenters. The van der Waals surface area contributed by atoms with Gasteiger partial charge in [-0.2, -0.15) is 0 Å². The molecular formula is C15H12N2O2. The van der Waals surface area contributed by atoms with E-state index in [0.717, 1.165) is 22.2 Å². The van der Waals surface area contributed by atoms with E-state index in [0.29, 0.717) is 11.5 Å². The third-order valence-electron chi connectivity index (χ3n) is 3.00. The summed E-state index contributed by atoms with van der Waals surface area (Å²) in [5.74, 6) is 0.183. The van der Waals surface area contributed by atoms with Gasteiger partial charge in [-0.05, 0) is 29.3 Å². The van der Waals surface area contributed by atoms with Crippen molar-refractivity contribution in [3.05, 3.63) is 53.9 Å². The number of primary amides is 1. The lowest BCUT2D eigenvalue weighted by Gasteiger charge is -2.06. The molecule has 0 aliphatic carbocycles. The van der Waals surface area contributed by atoms with Gasteiger partial charge in [0.05, 0.1) is 0 Å². The van der Waals surface area contributed by atoms with E-state index in [1.54, 1.807) is 19.1 Å². The van der Waals surface area contributed by atoms with E-state index in [1.165, 1.54) is 0 Å². The van der Waals surface area contributed by atoms with E-state index >= 15 is 0 Å². The summed E-state index contributed by atoms with van der Waals surface area (Å²) in [4.78, 5) is 15.7. The Labute approximate surface area is 109 Å². The van der Waals surface area contributed by atoms with Gasteiger partial charge in [-0.3, -0.25) is 4.79 Å². The summed E-state index contributed by atoms with van der Waals surface area (Å²) in [5.41, 5.74) is 9.11. The van der Waals surface area contributed by atoms with Crippen LogP contribution in [0.4, 0.5) is 0 Å². The van der Waals surface area contributed by atoms with Crippen molar-refractivity contribution in [2.24, 2.45) is 5.73 Å². The fraction of sp³-hybridized carbons (Fsp3) is 0.0667. The number of carbonyl (C=O) groups excluding carboxylic acids is 1. The predicted molar refractivity (Wildman–Crippen MR) is 72.7 cm³/mol. The lowest BCUT2D eigenvalue weighted by Crippen LogP contribution is -2.12. The molecule has 1 amide bonds. The summed E-state index contributed by atoms with van der Waals surface area (Å²) < 4.78 is 5.43. The second-order valence-corrected chi connectivity index (χ2v) is 4.33. The van der Waals surface area contributed by atoms with Gasteiger partial charge in [0.2, 0.25) is 5.91 Å². The molecule has 0 fully saturated rings. The number of hydrogen-bond donors (Lipinski definition) is 1. The Morgan fingerprint density at radius 1 is 1.21 bits per heavy atom. The molecule has 0 saturated heterocycles. The van der Waals surface area contributed by atoms with Crippen LogP contribution in [0, 0.1) is 6.92 Å². The minimum absolute atomic E-state index is 0.438. The highest BCUT2D eigenvalue weighted by molar-refractivity contribution is 6.00. The molecule has 2 aromatic carbocycles. The van der Waals surface area contributed by atoms with Gasteiger partial charge < -0.3 is 10.2 Å². The van der Waals surface area contributed by atoms with Crippen LogP contribution < -0.4 is 5.73 Å². The highest BCUT2D eigenvalue weighted by Gasteiger charge is 2.11. The second kappa shape index (κ2) is 4.24. The number of nitrogens with zero attached hydrogens (tertiary/aromatic N) is 1. The Kier molecular flexibility index (Phi) is 2.56. The first-order valence-corrected chi connectivity index (χ1v) is 5.91. The molecule has 19 heavy (non-hydrogen) atoms. The van der Waals surface area contributed by atoms with Crippen LogP contribution in [0.2, 0.25) is 0 Å². The van der Waals surface area contributed by atoms with Crippen LogP contribution in [0.25, 0.3) is 22.2 Å². The molecule has 1 aromatic heterocycles. The molecule has 1 heterocycles. The van der Waals surface area contributed by atoms with Gasteiger partial charge in [0, 0.05) is 12.5 Å². The smallest absolute Gasteiger partial charge is 0.249 e. The molecular weight excluding hydrogens is 240 g/mol. The van der Waals surface area contributed by atoms with Crippen LogP contribution in [0.5, 0.6) is 0 Å². The molecule has 0 saturated carbocycles. The number of hydrogen-bond acceptors (Lipinski definition) is 3. The summed E-state index contributed by atoms with van der Waals surface area (Å²) >= 11 is 0. The average molecular weight is 252 g/mol. The Morgan fingerprint density at radius 2 is 2.00 bits per heavy atom. The van der Waals surface area contributed by atoms with Crippen molar-refractivity contribution in [1.29, 1.82) is 0 Å². The number of aryl methyl sites for hydroxylation is 1. The monoisotopic (exact) mass is 252 g/mol. The molecule has 4 heteroatoms. The Hall–Kier alpha value is -2.62. The van der Waals surface area contributed by atoms with Crippen molar-refractivity contribution in [1.82, 2.24) is 4.98 Å². The zero-order chi connectivity index (χ0) is 13.4. The number of oxazole rings is 1. The van der Waals surface area contributed by atoms with E-state index in [2.05, 4.69) is 4.98 Å². The van der Waals surface area contributed by atoms with Crippen LogP contribution in [0.15, 0.2) is 46.9 Å². The number of amides is 1. The molecule has 94 valence electrons. The summed E-state index contributed by atoms with van der Waals surface area (Å²) in [6, 6.07) is 12.9. The SMILES string of the molecule is Cc1nc2cc(-c3ccccc3C(N)=O)ccc2o1. The molecule has 0 unspecified atom stereocenters. The summed E-state index contributed by atoms with van der Waals surface area (Å²) in [6.45, 7) is 1.80. The number of nitrogens with two attached hydrogens (primary N) is 1. The Balaban J connectivity index is 2.21. The number of carbonyl (C=O) groups is 1. The lowest BCUT2D eigenvalue weighted by molar-refractivity contribution is 0.100. The van der Waals surface area contributed by atoms with E-state index < -0.39 is 5.91 Å². The van der Waals surface area contributed by atoms with E-state index in [1.807, 2.05) is 30.3 Å². The van der Waals surface area contributed by atoms with Gasteiger partial charge in [-0.15, -0.1) is 0 Å². The summed E-state index contributed by atoms with van der Waals surface area (Å²) in [6.07, 6.45) is 0. The standard InChI is InChI=1S/C15H12N2O2/c1-9-17-13-8-10(6-7-14(13)19-9)11-4-2-3-5-12(11)15(16)18/h2-8H,1H3,(H2,16,18). The lowest BCUT2D eigenvalue weighted by atomic mass is 9.99. The molecule has 0 aliphatic heterocycles. The minimum atomic E-state index is -0.438. The van der Waals surface area contributed by atoms with Crippen molar-refractivity contribution in [2.45, 2.75) is 6.92 Å². The average Bonchev–Trinajstić information content (AvgIpc) is 2.77. The predicted octanol–water partition coefficient (Wildman–Crippen LogP) is 2.90. The molecule has 3 rings (SSSR count). The number of benzene rings is 2. The van der Waals surface area contributed by atoms with Crippen molar-refractivity contribution < 1.29 is 9.21 Å². The fourth-order valence-electron chi connectivity index (χ4n) is 2.16. The second-order valence-electron chi connectivity index (χ2n) is 4.33. The van der Waals surface area contributed by atoms with Crippen LogP contribution in [0.1, 0.15) is 16.2 Å². The molecule has 0 spiro atoms. The van der Waals surface area contributed by atoms with Crippen LogP contribution in [-0.2, 0) is 0 Å². The number of fused-ring (bicyclic) bond motifs is 1. The van der Waals surface area contributed by atoms with Crippen LogP contribution in [-0.4, -0.2) is 10.9 Å². The zero-order valence-electron chi connectivity index (χ0n) is 10.4. The maximum Gasteiger partial charge on any atom is 0.249 e. The van der Waals surface area contributed by atoms with E-state index in [9.17, 15) is 4.79 Å². The summed E-state index contributed by atoms with van der Waals surface area (Å²) in [7, 11) is 0. The van der Waals surface area contributed by atoms with Gasteiger partial charge >= 0.3 is 0 Å². The third kappa shape index (κ3) is 1.97. The zero-order valence-corrected chi connectivity index (χ0v) is 10.4. The highest BCUT2D eigenvalue weighted by Crippen LogP contribution is 2.27. The van der Waals surface area contributed by atoms with Gasteiger partial charge in [-0.25, -0.2) is 4.98 Å².